The summed E-state index contributed by atoms with van der Waals surface area (Å²) in [5.74, 6) is 0. The van der Waals surface area contributed by atoms with Crippen molar-refractivity contribution in [2.24, 2.45) is 5.73 Å². The number of nitrogens with two attached hydrogens (primary N) is 1. The smallest absolute Gasteiger partial charge is 0.0991 e. The molecule has 1 atom stereocenters. The van der Waals surface area contributed by atoms with Gasteiger partial charge in [-0.15, -0.1) is 0 Å². The first-order chi connectivity index (χ1) is 14.2. The van der Waals surface area contributed by atoms with Gasteiger partial charge in [0, 0.05) is 30.0 Å². The van der Waals surface area contributed by atoms with Crippen molar-refractivity contribution in [1.82, 2.24) is 10.6 Å². The summed E-state index contributed by atoms with van der Waals surface area (Å²) in [5.41, 5.74) is 14.8. The maximum absolute atomic E-state index is 9.05. The van der Waals surface area contributed by atoms with Gasteiger partial charge in [0.1, 0.15) is 0 Å². The molecular formula is C24H27N5. The molecule has 0 saturated heterocycles. The van der Waals surface area contributed by atoms with Gasteiger partial charge in [-0.1, -0.05) is 18.2 Å². The first kappa shape index (κ1) is 19.1. The summed E-state index contributed by atoms with van der Waals surface area (Å²) in [6.07, 6.45) is 4.27. The number of rotatable bonds is 3. The molecule has 0 saturated carbocycles. The highest BCUT2D eigenvalue weighted by Crippen LogP contribution is 2.35. The molecule has 2 aliphatic heterocycles. The molecule has 0 spiro atoms. The van der Waals surface area contributed by atoms with E-state index < -0.39 is 0 Å². The lowest BCUT2D eigenvalue weighted by atomic mass is 9.91. The fourth-order valence-corrected chi connectivity index (χ4v) is 4.10. The summed E-state index contributed by atoms with van der Waals surface area (Å²) >= 11 is 0. The highest BCUT2D eigenvalue weighted by Gasteiger charge is 2.23. The van der Waals surface area contributed by atoms with Gasteiger partial charge in [0.2, 0.25) is 0 Å². The Morgan fingerprint density at radius 2 is 2.00 bits per heavy atom. The quantitative estimate of drug-likeness (QED) is 0.647. The zero-order valence-electron chi connectivity index (χ0n) is 16.8. The van der Waals surface area contributed by atoms with E-state index in [1.807, 2.05) is 31.2 Å². The van der Waals surface area contributed by atoms with Crippen LogP contribution in [0.25, 0.3) is 11.3 Å². The molecule has 0 amide bonds. The van der Waals surface area contributed by atoms with Crippen LogP contribution in [0.4, 0.5) is 5.69 Å². The van der Waals surface area contributed by atoms with Gasteiger partial charge in [0.15, 0.2) is 0 Å². The van der Waals surface area contributed by atoms with E-state index in [1.54, 1.807) is 0 Å². The third-order valence-corrected chi connectivity index (χ3v) is 5.62. The van der Waals surface area contributed by atoms with Crippen LogP contribution in [0.5, 0.6) is 0 Å². The minimum absolute atomic E-state index is 0.157. The SMILES string of the molecule is C/C(N)=C1/NCCC(Nc2ccc(C#N)cc2)c2cc(C3=CCNCC3)ccc21. The number of nitrogens with one attached hydrogen (secondary N) is 3. The molecule has 0 fully saturated rings. The van der Waals surface area contributed by atoms with E-state index in [0.717, 1.165) is 55.1 Å². The molecule has 0 aliphatic carbocycles. The normalized spacial score (nSPS) is 20.4. The zero-order chi connectivity index (χ0) is 20.2. The second-order valence-electron chi connectivity index (χ2n) is 7.65. The van der Waals surface area contributed by atoms with Crippen LogP contribution in [0, 0.1) is 11.3 Å². The molecule has 5 N–H and O–H groups in total. The topological polar surface area (TPSA) is 85.9 Å². The van der Waals surface area contributed by atoms with Gasteiger partial charge in [-0.3, -0.25) is 0 Å². The van der Waals surface area contributed by atoms with Gasteiger partial charge in [0.05, 0.1) is 23.4 Å². The summed E-state index contributed by atoms with van der Waals surface area (Å²) in [4.78, 5) is 0. The Labute approximate surface area is 172 Å². The number of allylic oxidation sites excluding steroid dienone is 1. The fourth-order valence-electron chi connectivity index (χ4n) is 4.10. The van der Waals surface area contributed by atoms with Crippen LogP contribution in [0.3, 0.4) is 0 Å². The van der Waals surface area contributed by atoms with Crippen LogP contribution in [0.1, 0.15) is 48.1 Å². The average molecular weight is 386 g/mol. The average Bonchev–Trinajstić information content (AvgIpc) is 2.94. The van der Waals surface area contributed by atoms with Gasteiger partial charge in [0.25, 0.3) is 0 Å². The van der Waals surface area contributed by atoms with E-state index in [1.165, 1.54) is 16.7 Å². The predicted molar refractivity (Wildman–Crippen MR) is 119 cm³/mol. The highest BCUT2D eigenvalue weighted by molar-refractivity contribution is 5.75. The molecule has 29 heavy (non-hydrogen) atoms. The molecule has 4 rings (SSSR count). The second kappa shape index (κ2) is 8.42. The lowest BCUT2D eigenvalue weighted by Crippen LogP contribution is -2.20. The largest absolute Gasteiger partial charge is 0.401 e. The van der Waals surface area contributed by atoms with E-state index >= 15 is 0 Å². The van der Waals surface area contributed by atoms with E-state index in [0.29, 0.717) is 5.56 Å². The Morgan fingerprint density at radius 1 is 1.17 bits per heavy atom. The molecule has 1 unspecified atom stereocenters. The Balaban J connectivity index is 1.74. The minimum Gasteiger partial charge on any atom is -0.401 e. The van der Waals surface area contributed by atoms with Crippen LogP contribution in [-0.2, 0) is 0 Å². The van der Waals surface area contributed by atoms with E-state index in [-0.39, 0.29) is 6.04 Å². The molecule has 2 aromatic carbocycles. The maximum Gasteiger partial charge on any atom is 0.0991 e. The molecule has 0 radical (unpaired) electrons. The third kappa shape index (κ3) is 4.13. The first-order valence-corrected chi connectivity index (χ1v) is 10.2. The summed E-state index contributed by atoms with van der Waals surface area (Å²) in [5, 5.41) is 19.6. The molecule has 0 aromatic heterocycles. The first-order valence-electron chi connectivity index (χ1n) is 10.2. The van der Waals surface area contributed by atoms with Crippen LogP contribution >= 0.6 is 0 Å². The van der Waals surface area contributed by atoms with Crippen LogP contribution in [0.2, 0.25) is 0 Å². The molecule has 2 heterocycles. The summed E-state index contributed by atoms with van der Waals surface area (Å²) in [6, 6.07) is 16.7. The zero-order valence-corrected chi connectivity index (χ0v) is 16.8. The number of hydrogen-bond donors (Lipinski definition) is 4. The number of benzene rings is 2. The van der Waals surface area contributed by atoms with Crippen molar-refractivity contribution >= 4 is 17.0 Å². The minimum atomic E-state index is 0.157. The highest BCUT2D eigenvalue weighted by atomic mass is 15.0. The van der Waals surface area contributed by atoms with Crippen molar-refractivity contribution in [2.45, 2.75) is 25.8 Å². The fraction of sp³-hybridized carbons (Fsp3) is 0.292. The number of nitrogens with zero attached hydrogens (tertiary/aromatic N) is 1. The molecule has 2 aromatic rings. The van der Waals surface area contributed by atoms with E-state index in [2.05, 4.69) is 46.3 Å². The van der Waals surface area contributed by atoms with E-state index in [9.17, 15) is 0 Å². The summed E-state index contributed by atoms with van der Waals surface area (Å²) < 4.78 is 0. The van der Waals surface area contributed by atoms with Crippen LogP contribution in [-0.4, -0.2) is 19.6 Å². The van der Waals surface area contributed by atoms with Crippen molar-refractivity contribution in [1.29, 1.82) is 5.26 Å². The number of anilines is 1. The van der Waals surface area contributed by atoms with Crippen molar-refractivity contribution in [3.8, 4) is 6.07 Å². The lowest BCUT2D eigenvalue weighted by molar-refractivity contribution is 0.682. The van der Waals surface area contributed by atoms with Gasteiger partial charge < -0.3 is 21.7 Å². The Bertz CT molecular complexity index is 991. The lowest BCUT2D eigenvalue weighted by Gasteiger charge is -2.23. The van der Waals surface area contributed by atoms with Crippen molar-refractivity contribution in [3.05, 3.63) is 76.5 Å². The van der Waals surface area contributed by atoms with Crippen LogP contribution in [0.15, 0.2) is 54.2 Å². The standard InChI is InChI=1S/C24H27N5/c1-16(26)24-21-7-4-19(18-8-11-27-12-9-18)14-22(21)23(10-13-28-24)29-20-5-2-17(15-25)3-6-20/h2-8,14,23,27-29H,9-13,26H2,1H3/b24-16-. The maximum atomic E-state index is 9.05. The Kier molecular flexibility index (Phi) is 5.55. The van der Waals surface area contributed by atoms with Crippen molar-refractivity contribution < 1.29 is 0 Å². The van der Waals surface area contributed by atoms with Gasteiger partial charge in [-0.2, -0.15) is 5.26 Å². The monoisotopic (exact) mass is 385 g/mol. The molecule has 0 bridgehead atoms. The summed E-state index contributed by atoms with van der Waals surface area (Å²) in [7, 11) is 0. The van der Waals surface area contributed by atoms with Crippen molar-refractivity contribution in [3.63, 3.8) is 0 Å². The Hall–Kier alpha value is -3.23. The molecule has 148 valence electrons. The van der Waals surface area contributed by atoms with Crippen molar-refractivity contribution in [2.75, 3.05) is 25.0 Å². The molecule has 5 heteroatoms. The van der Waals surface area contributed by atoms with Gasteiger partial charge in [-0.25, -0.2) is 0 Å². The third-order valence-electron chi connectivity index (χ3n) is 5.62. The predicted octanol–water partition coefficient (Wildman–Crippen LogP) is 3.73. The number of hydrogen-bond acceptors (Lipinski definition) is 5. The second-order valence-corrected chi connectivity index (χ2v) is 7.65. The van der Waals surface area contributed by atoms with Crippen LogP contribution < -0.4 is 21.7 Å². The molecular weight excluding hydrogens is 358 g/mol. The number of fused-ring (bicyclic) bond motifs is 1. The van der Waals surface area contributed by atoms with Gasteiger partial charge >= 0.3 is 0 Å². The molecule has 5 nitrogen and oxygen atoms in total. The molecule has 2 aliphatic rings. The van der Waals surface area contributed by atoms with E-state index in [4.69, 9.17) is 11.0 Å². The number of nitriles is 1. The Morgan fingerprint density at radius 3 is 2.69 bits per heavy atom. The summed E-state index contributed by atoms with van der Waals surface area (Å²) in [6.45, 7) is 4.73. The van der Waals surface area contributed by atoms with Gasteiger partial charge in [-0.05, 0) is 73.3 Å².